The van der Waals surface area contributed by atoms with Crippen molar-refractivity contribution >= 4 is 42.1 Å². The molecule has 0 radical (unpaired) electrons. The van der Waals surface area contributed by atoms with Crippen LogP contribution in [0.15, 0.2) is 53.7 Å². The highest BCUT2D eigenvalue weighted by molar-refractivity contribution is 7.97. The van der Waals surface area contributed by atoms with E-state index < -0.39 is 5.95 Å². The van der Waals surface area contributed by atoms with Crippen molar-refractivity contribution in [2.75, 3.05) is 33.1 Å². The van der Waals surface area contributed by atoms with E-state index in [0.29, 0.717) is 29.4 Å². The lowest BCUT2D eigenvalue weighted by molar-refractivity contribution is -0.138. The van der Waals surface area contributed by atoms with E-state index in [1.165, 1.54) is 24.4 Å². The second-order valence-corrected chi connectivity index (χ2v) is 15.8. The number of carbonyl (C=O) groups excluding carboxylic acids is 2. The minimum absolute atomic E-state index is 0.00741. The quantitative estimate of drug-likeness (QED) is 0.107. The molecule has 278 valence electrons. The summed E-state index contributed by atoms with van der Waals surface area (Å²) in [5, 5.41) is 12.2. The van der Waals surface area contributed by atoms with Gasteiger partial charge in [-0.1, -0.05) is 38.4 Å². The number of aliphatic hydroxyl groups excluding tert-OH is 1. The molecule has 0 saturated carbocycles. The number of rotatable bonds is 10. The number of pyridine rings is 3. The molecule has 0 aromatic carbocycles. The number of carbonyl (C=O) groups is 2. The third-order valence-electron chi connectivity index (χ3n) is 7.75. The first-order valence-electron chi connectivity index (χ1n) is 16.5. The molecule has 0 bridgehead atoms. The number of halogens is 2. The highest BCUT2D eigenvalue weighted by Gasteiger charge is 2.35. The van der Waals surface area contributed by atoms with Crippen LogP contribution in [0.1, 0.15) is 102 Å². The zero-order valence-electron chi connectivity index (χ0n) is 31.4. The van der Waals surface area contributed by atoms with Gasteiger partial charge in [-0.05, 0) is 122 Å². The van der Waals surface area contributed by atoms with Crippen molar-refractivity contribution in [3.8, 4) is 0 Å². The number of nitrogens with zero attached hydrogens (tertiary/aromatic N) is 4. The molecule has 4 heterocycles. The smallest absolute Gasteiger partial charge is 0.293 e. The summed E-state index contributed by atoms with van der Waals surface area (Å²) in [5.74, 6) is 0.879. The Morgan fingerprint density at radius 1 is 1.10 bits per heavy atom. The van der Waals surface area contributed by atoms with Crippen molar-refractivity contribution < 1.29 is 23.8 Å². The van der Waals surface area contributed by atoms with Crippen LogP contribution in [0.5, 0.6) is 0 Å². The number of ether oxygens (including phenoxy) is 1. The van der Waals surface area contributed by atoms with Gasteiger partial charge < -0.3 is 20.1 Å². The van der Waals surface area contributed by atoms with Crippen LogP contribution >= 0.6 is 23.5 Å². The van der Waals surface area contributed by atoms with Crippen molar-refractivity contribution in [2.45, 2.75) is 102 Å². The van der Waals surface area contributed by atoms with Crippen LogP contribution in [-0.2, 0) is 14.9 Å². The molecule has 1 aliphatic rings. The van der Waals surface area contributed by atoms with Crippen molar-refractivity contribution in [3.05, 3.63) is 76.6 Å². The molecule has 1 saturated heterocycles. The van der Waals surface area contributed by atoms with Gasteiger partial charge in [0.2, 0.25) is 5.95 Å². The van der Waals surface area contributed by atoms with Crippen LogP contribution < -0.4 is 10.0 Å². The van der Waals surface area contributed by atoms with Gasteiger partial charge in [-0.3, -0.25) is 19.3 Å². The molecule has 3 aromatic rings. The number of aldehydes is 1. The zero-order valence-corrected chi connectivity index (χ0v) is 33.0. The lowest BCUT2D eigenvalue weighted by Gasteiger charge is -2.26. The molecule has 13 heteroatoms. The van der Waals surface area contributed by atoms with E-state index in [1.54, 1.807) is 12.3 Å². The number of nitrogens with one attached hydrogen (secondary N) is 2. The molecule has 2 atom stereocenters. The lowest BCUT2D eigenvalue weighted by atomic mass is 9.91. The van der Waals surface area contributed by atoms with Gasteiger partial charge in [0.15, 0.2) is 6.29 Å². The van der Waals surface area contributed by atoms with Gasteiger partial charge in [-0.25, -0.2) is 9.97 Å². The minimum Gasteiger partial charge on any atom is -0.462 e. The molecular weight excluding hydrogens is 679 g/mol. The maximum atomic E-state index is 13.0. The molecule has 4 rings (SSSR count). The molecule has 3 N–H and O–H groups in total. The van der Waals surface area contributed by atoms with Gasteiger partial charge in [0.1, 0.15) is 16.4 Å². The Balaban J connectivity index is 0.000000469. The van der Waals surface area contributed by atoms with Crippen LogP contribution in [0.3, 0.4) is 0 Å². The molecule has 0 spiro atoms. The van der Waals surface area contributed by atoms with E-state index in [1.807, 2.05) is 78.9 Å². The molecule has 3 aromatic heterocycles. The van der Waals surface area contributed by atoms with Gasteiger partial charge in [0, 0.05) is 36.5 Å². The summed E-state index contributed by atoms with van der Waals surface area (Å²) in [4.78, 5) is 35.4. The van der Waals surface area contributed by atoms with E-state index in [4.69, 9.17) is 16.7 Å². The number of likely N-dealkylation sites (tertiary alicyclic amines) is 1. The van der Waals surface area contributed by atoms with Crippen molar-refractivity contribution in [1.82, 2.24) is 24.6 Å². The molecule has 0 aliphatic carbocycles. The Bertz CT molecular complexity index is 1450. The summed E-state index contributed by atoms with van der Waals surface area (Å²) in [6, 6.07) is 13.2. The van der Waals surface area contributed by atoms with Crippen molar-refractivity contribution in [2.24, 2.45) is 5.92 Å². The Kier molecular flexibility index (Phi) is 19.1. The normalized spacial score (nSPS) is 15.9. The molecule has 0 amide bonds. The predicted molar refractivity (Wildman–Crippen MR) is 202 cm³/mol. The number of hydrogen-bond acceptors (Lipinski definition) is 11. The highest BCUT2D eigenvalue weighted by Crippen LogP contribution is 2.35. The van der Waals surface area contributed by atoms with E-state index in [-0.39, 0.29) is 28.2 Å². The average molecular weight is 735 g/mol. The van der Waals surface area contributed by atoms with Crippen LogP contribution in [0.25, 0.3) is 0 Å². The summed E-state index contributed by atoms with van der Waals surface area (Å²) in [7, 11) is 5.12. The first kappa shape index (κ1) is 44.9. The monoisotopic (exact) mass is 734 g/mol. The molecule has 1 aliphatic heterocycles. The predicted octanol–water partition coefficient (Wildman–Crippen LogP) is 7.92. The lowest BCUT2D eigenvalue weighted by Crippen LogP contribution is -2.34. The Labute approximate surface area is 307 Å². The standard InChI is InChI=1S/C21H30ClN5S.C10H12FNO.C5H10O2.CH4O/c1-21(2)12-15(14-27(21)4)8-10-18(17-11-9-16(22)13-24-17)25-19-6-5-7-20(26-19)28-23-3;1-10(2,3)8-5-4-7(6-13)9(11)12-8;1-5(2,3)7-4-6;1-2/h5-7,9,11,13,15,18,23H,8,10,12,14H2,1-4H3,(H,25,26);4-6H,1-3H3;4H,1-3H3;2H,1H3. The fourth-order valence-electron chi connectivity index (χ4n) is 4.97. The van der Waals surface area contributed by atoms with Gasteiger partial charge in [-0.2, -0.15) is 4.39 Å². The minimum atomic E-state index is -0.692. The maximum absolute atomic E-state index is 13.0. The Morgan fingerprint density at radius 2 is 1.78 bits per heavy atom. The zero-order chi connectivity index (χ0) is 38.1. The van der Waals surface area contributed by atoms with E-state index in [9.17, 15) is 14.0 Å². The second-order valence-electron chi connectivity index (χ2n) is 14.4. The molecule has 10 nitrogen and oxygen atoms in total. The topological polar surface area (TPSA) is 130 Å². The number of aromatic nitrogens is 3. The first-order valence-corrected chi connectivity index (χ1v) is 17.7. The molecule has 50 heavy (non-hydrogen) atoms. The van der Waals surface area contributed by atoms with E-state index in [0.717, 1.165) is 43.0 Å². The maximum Gasteiger partial charge on any atom is 0.293 e. The Hall–Kier alpha value is -3.16. The third-order valence-corrected chi connectivity index (χ3v) is 8.62. The SMILES string of the molecule is CC(C)(C)OC=O.CC(C)(C)c1ccc(C=O)c(F)n1.CNSc1cccc(NC(CCC2CN(C)C(C)(C)C2)c2ccc(Cl)cn2)n1.CO. The fourth-order valence-corrected chi connectivity index (χ4v) is 5.59. The van der Waals surface area contributed by atoms with Crippen molar-refractivity contribution in [3.63, 3.8) is 0 Å². The fraction of sp³-hybridized carbons (Fsp3) is 0.541. The van der Waals surface area contributed by atoms with Crippen LogP contribution in [0, 0.1) is 11.9 Å². The highest BCUT2D eigenvalue weighted by atomic mass is 35.5. The van der Waals surface area contributed by atoms with Crippen molar-refractivity contribution in [1.29, 1.82) is 0 Å². The third kappa shape index (κ3) is 16.2. The first-order chi connectivity index (χ1) is 23.4. The van der Waals surface area contributed by atoms with E-state index >= 15 is 0 Å². The summed E-state index contributed by atoms with van der Waals surface area (Å²) in [6.07, 6.45) is 5.58. The Morgan fingerprint density at radius 3 is 2.24 bits per heavy atom. The van der Waals surface area contributed by atoms with Crippen LogP contribution in [0.2, 0.25) is 5.02 Å². The second kappa shape index (κ2) is 21.3. The summed E-state index contributed by atoms with van der Waals surface area (Å²) < 4.78 is 20.7. The molecule has 2 unspecified atom stereocenters. The van der Waals surface area contributed by atoms with Gasteiger partial charge in [0.05, 0.1) is 22.3 Å². The summed E-state index contributed by atoms with van der Waals surface area (Å²) in [6.45, 7) is 17.6. The number of hydrogen-bond donors (Lipinski definition) is 3. The number of anilines is 1. The molecular formula is C37H56ClFN6O4S. The van der Waals surface area contributed by atoms with Crippen LogP contribution in [-0.4, -0.2) is 76.6 Å². The average Bonchev–Trinajstić information content (AvgIpc) is 3.31. The van der Waals surface area contributed by atoms with Crippen LogP contribution in [0.4, 0.5) is 10.2 Å². The van der Waals surface area contributed by atoms with E-state index in [2.05, 4.69) is 55.5 Å². The molecule has 1 fully saturated rings. The largest absolute Gasteiger partial charge is 0.462 e. The summed E-state index contributed by atoms with van der Waals surface area (Å²) >= 11 is 7.56. The van der Waals surface area contributed by atoms with Gasteiger partial charge in [0.25, 0.3) is 6.47 Å². The van der Waals surface area contributed by atoms with Gasteiger partial charge >= 0.3 is 0 Å². The van der Waals surface area contributed by atoms with Gasteiger partial charge in [-0.15, -0.1) is 0 Å². The summed E-state index contributed by atoms with van der Waals surface area (Å²) in [5.41, 5.74) is 1.43. The number of aliphatic hydroxyl groups is 1.